The van der Waals surface area contributed by atoms with E-state index in [9.17, 15) is 13.6 Å². The molecule has 0 saturated carbocycles. The first-order valence-electron chi connectivity index (χ1n) is 10.4. The highest BCUT2D eigenvalue weighted by molar-refractivity contribution is 5.95. The molecule has 162 valence electrons. The molecule has 0 aliphatic carbocycles. The molecule has 1 unspecified atom stereocenters. The largest absolute Gasteiger partial charge is 0.342 e. The van der Waals surface area contributed by atoms with Crippen LogP contribution in [0.5, 0.6) is 0 Å². The van der Waals surface area contributed by atoms with Gasteiger partial charge in [-0.2, -0.15) is 0 Å². The molecule has 1 amide bonds. The lowest BCUT2D eigenvalue weighted by Crippen LogP contribution is -2.30. The Bertz CT molecular complexity index is 1100. The van der Waals surface area contributed by atoms with Gasteiger partial charge in [0.15, 0.2) is 17.5 Å². The molecule has 1 aliphatic rings. The number of fused-ring (bicyclic) bond motifs is 1. The van der Waals surface area contributed by atoms with Crippen LogP contribution >= 0.6 is 0 Å². The Labute approximate surface area is 179 Å². The molecule has 0 saturated heterocycles. The van der Waals surface area contributed by atoms with Crippen LogP contribution in [0.1, 0.15) is 46.1 Å². The van der Waals surface area contributed by atoms with Gasteiger partial charge in [-0.25, -0.2) is 8.78 Å². The average molecular weight is 425 g/mol. The van der Waals surface area contributed by atoms with Crippen LogP contribution < -0.4 is 5.32 Å². The normalized spacial score (nSPS) is 15.2. The smallest absolute Gasteiger partial charge is 0.252 e. The summed E-state index contributed by atoms with van der Waals surface area (Å²) in [5, 5.41) is 11.6. The van der Waals surface area contributed by atoms with E-state index in [1.165, 1.54) is 6.07 Å². The molecule has 6 nitrogen and oxygen atoms in total. The number of aromatic nitrogens is 3. The number of nitrogens with zero attached hydrogens (tertiary/aromatic N) is 4. The SMILES string of the molecule is Cc1ccccc1C(=O)NC(C)c1nnc2n1CCN(Cc1cccc(F)c1F)CC2. The first-order chi connectivity index (χ1) is 14.9. The predicted molar refractivity (Wildman–Crippen MR) is 112 cm³/mol. The van der Waals surface area contributed by atoms with Crippen molar-refractivity contribution >= 4 is 5.91 Å². The molecule has 2 aromatic carbocycles. The maximum Gasteiger partial charge on any atom is 0.252 e. The quantitative estimate of drug-likeness (QED) is 0.681. The summed E-state index contributed by atoms with van der Waals surface area (Å²) in [7, 11) is 0. The molecule has 8 heteroatoms. The summed E-state index contributed by atoms with van der Waals surface area (Å²) in [6.07, 6.45) is 0.641. The van der Waals surface area contributed by atoms with Crippen LogP contribution in [0.3, 0.4) is 0 Å². The number of aryl methyl sites for hydroxylation is 1. The van der Waals surface area contributed by atoms with E-state index in [1.54, 1.807) is 12.1 Å². The summed E-state index contributed by atoms with van der Waals surface area (Å²) in [5.74, 6) is -0.256. The van der Waals surface area contributed by atoms with E-state index in [0.29, 0.717) is 49.6 Å². The van der Waals surface area contributed by atoms with Gasteiger partial charge in [-0.3, -0.25) is 9.69 Å². The highest BCUT2D eigenvalue weighted by Crippen LogP contribution is 2.19. The minimum absolute atomic E-state index is 0.153. The van der Waals surface area contributed by atoms with Crippen molar-refractivity contribution in [1.29, 1.82) is 0 Å². The van der Waals surface area contributed by atoms with Crippen LogP contribution in [0.25, 0.3) is 0 Å². The van der Waals surface area contributed by atoms with Gasteiger partial charge in [-0.15, -0.1) is 10.2 Å². The van der Waals surface area contributed by atoms with Crippen molar-refractivity contribution < 1.29 is 13.6 Å². The third-order valence-corrected chi connectivity index (χ3v) is 5.70. The number of halogens is 2. The molecule has 2 heterocycles. The molecule has 0 spiro atoms. The molecule has 0 fully saturated rings. The molecule has 0 radical (unpaired) electrons. The van der Waals surface area contributed by atoms with Crippen LogP contribution in [0.2, 0.25) is 0 Å². The van der Waals surface area contributed by atoms with Gasteiger partial charge in [0, 0.05) is 43.7 Å². The van der Waals surface area contributed by atoms with Gasteiger partial charge in [0.2, 0.25) is 0 Å². The number of nitrogens with one attached hydrogen (secondary N) is 1. The highest BCUT2D eigenvalue weighted by Gasteiger charge is 2.24. The fourth-order valence-electron chi connectivity index (χ4n) is 3.95. The second kappa shape index (κ2) is 8.93. The van der Waals surface area contributed by atoms with Gasteiger partial charge in [0.25, 0.3) is 5.91 Å². The lowest BCUT2D eigenvalue weighted by atomic mass is 10.1. The fraction of sp³-hybridized carbons (Fsp3) is 0.348. The molecule has 1 aromatic heterocycles. The molecular weight excluding hydrogens is 400 g/mol. The van der Waals surface area contributed by atoms with Crippen LogP contribution in [0.15, 0.2) is 42.5 Å². The average Bonchev–Trinajstić information content (AvgIpc) is 3.06. The Morgan fingerprint density at radius 3 is 2.71 bits per heavy atom. The van der Waals surface area contributed by atoms with Crippen molar-refractivity contribution in [2.24, 2.45) is 0 Å². The summed E-state index contributed by atoms with van der Waals surface area (Å²) < 4.78 is 29.6. The summed E-state index contributed by atoms with van der Waals surface area (Å²) in [4.78, 5) is 14.8. The standard InChI is InChI=1S/C23H25F2N5O/c1-15-6-3-4-8-18(15)23(31)26-16(2)22-28-27-20-10-11-29(12-13-30(20)22)14-17-7-5-9-19(24)21(17)25/h3-9,16H,10-14H2,1-2H3,(H,26,31). The van der Waals surface area contributed by atoms with E-state index in [2.05, 4.69) is 20.4 Å². The van der Waals surface area contributed by atoms with E-state index >= 15 is 0 Å². The van der Waals surface area contributed by atoms with Gasteiger partial charge in [-0.1, -0.05) is 30.3 Å². The Kier molecular flexibility index (Phi) is 6.08. The summed E-state index contributed by atoms with van der Waals surface area (Å²) in [5.41, 5.74) is 1.89. The van der Waals surface area contributed by atoms with E-state index in [1.807, 2.05) is 36.6 Å². The molecule has 1 aliphatic heterocycles. The number of amides is 1. The van der Waals surface area contributed by atoms with Gasteiger partial charge in [0.1, 0.15) is 5.82 Å². The lowest BCUT2D eigenvalue weighted by Gasteiger charge is -2.20. The van der Waals surface area contributed by atoms with Crippen molar-refractivity contribution in [3.05, 3.63) is 82.4 Å². The number of carbonyl (C=O) groups excluding carboxylic acids is 1. The van der Waals surface area contributed by atoms with E-state index < -0.39 is 11.6 Å². The Hall–Kier alpha value is -3.13. The number of rotatable bonds is 5. The van der Waals surface area contributed by atoms with E-state index in [4.69, 9.17) is 0 Å². The summed E-state index contributed by atoms with van der Waals surface area (Å²) in [6.45, 7) is 6.04. The molecular formula is C23H25F2N5O. The van der Waals surface area contributed by atoms with Crippen LogP contribution in [-0.4, -0.2) is 38.7 Å². The minimum Gasteiger partial charge on any atom is -0.342 e. The molecule has 1 N–H and O–H groups in total. The zero-order valence-corrected chi connectivity index (χ0v) is 17.6. The van der Waals surface area contributed by atoms with Crippen molar-refractivity contribution in [3.63, 3.8) is 0 Å². The Balaban J connectivity index is 1.44. The van der Waals surface area contributed by atoms with E-state index in [0.717, 1.165) is 17.5 Å². The van der Waals surface area contributed by atoms with Gasteiger partial charge in [-0.05, 0) is 31.5 Å². The third kappa shape index (κ3) is 4.49. The minimum atomic E-state index is -0.829. The molecule has 1 atom stereocenters. The molecule has 31 heavy (non-hydrogen) atoms. The summed E-state index contributed by atoms with van der Waals surface area (Å²) >= 11 is 0. The van der Waals surface area contributed by atoms with Crippen molar-refractivity contribution in [3.8, 4) is 0 Å². The summed E-state index contributed by atoms with van der Waals surface area (Å²) in [6, 6.07) is 11.4. The molecule has 4 rings (SSSR count). The number of benzene rings is 2. The second-order valence-corrected chi connectivity index (χ2v) is 7.88. The fourth-order valence-corrected chi connectivity index (χ4v) is 3.95. The van der Waals surface area contributed by atoms with Gasteiger partial charge >= 0.3 is 0 Å². The van der Waals surface area contributed by atoms with Gasteiger partial charge < -0.3 is 9.88 Å². The second-order valence-electron chi connectivity index (χ2n) is 7.88. The lowest BCUT2D eigenvalue weighted by molar-refractivity contribution is 0.0937. The predicted octanol–water partition coefficient (Wildman–Crippen LogP) is 3.41. The zero-order valence-electron chi connectivity index (χ0n) is 17.6. The number of hydrogen-bond acceptors (Lipinski definition) is 4. The van der Waals surface area contributed by atoms with Crippen molar-refractivity contribution in [2.75, 3.05) is 13.1 Å². The van der Waals surface area contributed by atoms with Crippen LogP contribution in [-0.2, 0) is 19.5 Å². The van der Waals surface area contributed by atoms with Crippen molar-refractivity contribution in [1.82, 2.24) is 25.0 Å². The monoisotopic (exact) mass is 425 g/mol. The number of carbonyl (C=O) groups is 1. The Morgan fingerprint density at radius 2 is 1.90 bits per heavy atom. The number of hydrogen-bond donors (Lipinski definition) is 1. The topological polar surface area (TPSA) is 63.1 Å². The first-order valence-corrected chi connectivity index (χ1v) is 10.4. The molecule has 3 aromatic rings. The van der Waals surface area contributed by atoms with Gasteiger partial charge in [0.05, 0.1) is 6.04 Å². The first kappa shape index (κ1) is 21.1. The van der Waals surface area contributed by atoms with Crippen LogP contribution in [0, 0.1) is 18.6 Å². The third-order valence-electron chi connectivity index (χ3n) is 5.70. The Morgan fingerprint density at radius 1 is 1.10 bits per heavy atom. The van der Waals surface area contributed by atoms with Crippen molar-refractivity contribution in [2.45, 2.75) is 39.4 Å². The molecule has 0 bridgehead atoms. The maximum absolute atomic E-state index is 14.1. The van der Waals surface area contributed by atoms with Crippen LogP contribution in [0.4, 0.5) is 8.78 Å². The zero-order chi connectivity index (χ0) is 22.0. The van der Waals surface area contributed by atoms with E-state index in [-0.39, 0.29) is 11.9 Å². The highest BCUT2D eigenvalue weighted by atomic mass is 19.2. The maximum atomic E-state index is 14.1.